The number of carbonyl (C=O) groups is 2. The Hall–Kier alpha value is -1.78. The van der Waals surface area contributed by atoms with Crippen molar-refractivity contribution in [2.45, 2.75) is 13.0 Å². The summed E-state index contributed by atoms with van der Waals surface area (Å²) in [4.78, 5) is 22.2. The Morgan fingerprint density at radius 1 is 1.62 bits per heavy atom. The van der Waals surface area contributed by atoms with Crippen molar-refractivity contribution in [3.05, 3.63) is 23.2 Å². The lowest BCUT2D eigenvalue weighted by atomic mass is 9.93. The van der Waals surface area contributed by atoms with Gasteiger partial charge >= 0.3 is 5.97 Å². The van der Waals surface area contributed by atoms with E-state index in [0.29, 0.717) is 17.6 Å². The SMILES string of the molecule is COC(=O)C1=C(C)O[C@H]2COC(C=O)=C[C@@H]12. The van der Waals surface area contributed by atoms with Crippen LogP contribution in [0, 0.1) is 5.92 Å². The molecule has 0 spiro atoms. The maximum absolute atomic E-state index is 11.6. The molecule has 2 aliphatic rings. The van der Waals surface area contributed by atoms with Crippen LogP contribution in [0.2, 0.25) is 0 Å². The van der Waals surface area contributed by atoms with Crippen LogP contribution in [0.4, 0.5) is 0 Å². The molecule has 2 rings (SSSR count). The Morgan fingerprint density at radius 3 is 3.00 bits per heavy atom. The minimum Gasteiger partial charge on any atom is -0.490 e. The maximum Gasteiger partial charge on any atom is 0.337 e. The van der Waals surface area contributed by atoms with E-state index in [0.717, 1.165) is 0 Å². The van der Waals surface area contributed by atoms with Crippen LogP contribution < -0.4 is 0 Å². The van der Waals surface area contributed by atoms with Crippen LogP contribution in [0.25, 0.3) is 0 Å². The highest BCUT2D eigenvalue weighted by Crippen LogP contribution is 2.36. The zero-order chi connectivity index (χ0) is 11.7. The minimum absolute atomic E-state index is 0.237. The summed E-state index contributed by atoms with van der Waals surface area (Å²) in [5, 5.41) is 0. The second-order valence-corrected chi connectivity index (χ2v) is 3.64. The summed E-state index contributed by atoms with van der Waals surface area (Å²) >= 11 is 0. The lowest BCUT2D eigenvalue weighted by molar-refractivity contribution is -0.136. The first-order chi connectivity index (χ1) is 7.67. The molecule has 0 aromatic heterocycles. The lowest BCUT2D eigenvalue weighted by Crippen LogP contribution is -2.29. The fraction of sp³-hybridized carbons (Fsp3) is 0.455. The van der Waals surface area contributed by atoms with Crippen molar-refractivity contribution in [1.82, 2.24) is 0 Å². The quantitative estimate of drug-likeness (QED) is 0.506. The molecule has 0 N–H and O–H groups in total. The number of aldehydes is 1. The van der Waals surface area contributed by atoms with Crippen LogP contribution in [0.15, 0.2) is 23.2 Å². The standard InChI is InChI=1S/C11H12O5/c1-6-10(11(13)14-2)8-3-7(4-12)15-5-9(8)16-6/h3-4,8-9H,5H2,1-2H3/t8-,9+/m1/s1. The fourth-order valence-electron chi connectivity index (χ4n) is 1.98. The van der Waals surface area contributed by atoms with Crippen LogP contribution in [0.3, 0.4) is 0 Å². The normalized spacial score (nSPS) is 27.5. The van der Waals surface area contributed by atoms with Crippen molar-refractivity contribution in [3.8, 4) is 0 Å². The van der Waals surface area contributed by atoms with Crippen LogP contribution in [-0.4, -0.2) is 32.1 Å². The molecule has 5 nitrogen and oxygen atoms in total. The molecule has 2 atom stereocenters. The Balaban J connectivity index is 2.33. The van der Waals surface area contributed by atoms with E-state index >= 15 is 0 Å². The summed E-state index contributed by atoms with van der Waals surface area (Å²) < 4.78 is 15.3. The first kappa shape index (κ1) is 10.7. The van der Waals surface area contributed by atoms with E-state index in [1.807, 2.05) is 0 Å². The highest BCUT2D eigenvalue weighted by molar-refractivity contribution is 5.91. The first-order valence-corrected chi connectivity index (χ1v) is 4.93. The van der Waals surface area contributed by atoms with Gasteiger partial charge in [-0.3, -0.25) is 4.79 Å². The maximum atomic E-state index is 11.6. The number of hydrogen-bond donors (Lipinski definition) is 0. The number of rotatable bonds is 2. The topological polar surface area (TPSA) is 61.8 Å². The van der Waals surface area contributed by atoms with Crippen molar-refractivity contribution >= 4 is 12.3 Å². The molecule has 0 radical (unpaired) electrons. The molecular weight excluding hydrogens is 212 g/mol. The third kappa shape index (κ3) is 1.58. The summed E-state index contributed by atoms with van der Waals surface area (Å²) in [6.07, 6.45) is 1.99. The number of carbonyl (C=O) groups excluding carboxylic acids is 2. The number of methoxy groups -OCH3 is 1. The van der Waals surface area contributed by atoms with Crippen molar-refractivity contribution in [1.29, 1.82) is 0 Å². The van der Waals surface area contributed by atoms with E-state index in [1.54, 1.807) is 13.0 Å². The Morgan fingerprint density at radius 2 is 2.38 bits per heavy atom. The second-order valence-electron chi connectivity index (χ2n) is 3.64. The molecule has 0 aliphatic carbocycles. The van der Waals surface area contributed by atoms with Crippen LogP contribution in [-0.2, 0) is 23.8 Å². The molecule has 0 saturated heterocycles. The molecular formula is C11H12O5. The van der Waals surface area contributed by atoms with Gasteiger partial charge in [0.05, 0.1) is 18.6 Å². The molecule has 5 heteroatoms. The summed E-state index contributed by atoms with van der Waals surface area (Å²) in [5.74, 6) is 0.101. The van der Waals surface area contributed by atoms with Crippen molar-refractivity contribution in [3.63, 3.8) is 0 Å². The van der Waals surface area contributed by atoms with Gasteiger partial charge < -0.3 is 14.2 Å². The molecule has 0 aromatic rings. The lowest BCUT2D eigenvalue weighted by Gasteiger charge is -2.23. The van der Waals surface area contributed by atoms with Crippen LogP contribution >= 0.6 is 0 Å². The highest BCUT2D eigenvalue weighted by Gasteiger charge is 2.41. The predicted molar refractivity (Wildman–Crippen MR) is 53.2 cm³/mol. The monoisotopic (exact) mass is 224 g/mol. The van der Waals surface area contributed by atoms with Gasteiger partial charge in [0.25, 0.3) is 0 Å². The first-order valence-electron chi connectivity index (χ1n) is 4.93. The number of hydrogen-bond acceptors (Lipinski definition) is 5. The van der Waals surface area contributed by atoms with E-state index in [-0.39, 0.29) is 24.4 Å². The highest BCUT2D eigenvalue weighted by atomic mass is 16.6. The van der Waals surface area contributed by atoms with Gasteiger partial charge in [0, 0.05) is 0 Å². The van der Waals surface area contributed by atoms with Gasteiger partial charge in [-0.25, -0.2) is 4.79 Å². The predicted octanol–water partition coefficient (Wildman–Crippen LogP) is 0.561. The van der Waals surface area contributed by atoms with Crippen molar-refractivity contribution < 1.29 is 23.8 Å². The van der Waals surface area contributed by atoms with Gasteiger partial charge in [-0.15, -0.1) is 0 Å². The number of esters is 1. The van der Waals surface area contributed by atoms with Gasteiger partial charge in [0.1, 0.15) is 18.5 Å². The molecule has 86 valence electrons. The van der Waals surface area contributed by atoms with E-state index in [4.69, 9.17) is 9.47 Å². The van der Waals surface area contributed by atoms with Gasteiger partial charge in [-0.1, -0.05) is 0 Å². The van der Waals surface area contributed by atoms with Gasteiger partial charge in [-0.05, 0) is 13.0 Å². The fourth-order valence-corrected chi connectivity index (χ4v) is 1.98. The van der Waals surface area contributed by atoms with E-state index in [2.05, 4.69) is 4.74 Å². The zero-order valence-corrected chi connectivity index (χ0v) is 9.06. The Bertz CT molecular complexity index is 393. The molecule has 2 aliphatic heterocycles. The van der Waals surface area contributed by atoms with Crippen molar-refractivity contribution in [2.24, 2.45) is 5.92 Å². The van der Waals surface area contributed by atoms with E-state index in [1.165, 1.54) is 7.11 Å². The Labute approximate surface area is 92.7 Å². The number of allylic oxidation sites excluding steroid dienone is 2. The molecule has 0 fully saturated rings. The van der Waals surface area contributed by atoms with E-state index < -0.39 is 5.97 Å². The van der Waals surface area contributed by atoms with Crippen molar-refractivity contribution in [2.75, 3.05) is 13.7 Å². The minimum atomic E-state index is -0.423. The molecule has 0 amide bonds. The van der Waals surface area contributed by atoms with Crippen LogP contribution in [0.5, 0.6) is 0 Å². The largest absolute Gasteiger partial charge is 0.490 e. The van der Waals surface area contributed by atoms with E-state index in [9.17, 15) is 9.59 Å². The molecule has 0 unspecified atom stereocenters. The van der Waals surface area contributed by atoms with Crippen LogP contribution in [0.1, 0.15) is 6.92 Å². The van der Waals surface area contributed by atoms with Gasteiger partial charge in [0.2, 0.25) is 0 Å². The summed E-state index contributed by atoms with van der Waals surface area (Å²) in [6.45, 7) is 1.98. The number of ether oxygens (including phenoxy) is 3. The third-order valence-corrected chi connectivity index (χ3v) is 2.72. The molecule has 2 heterocycles. The average molecular weight is 224 g/mol. The smallest absolute Gasteiger partial charge is 0.337 e. The summed E-state index contributed by atoms with van der Waals surface area (Å²) in [7, 11) is 1.32. The zero-order valence-electron chi connectivity index (χ0n) is 9.06. The van der Waals surface area contributed by atoms with Gasteiger partial charge in [-0.2, -0.15) is 0 Å². The molecule has 0 bridgehead atoms. The average Bonchev–Trinajstić information content (AvgIpc) is 2.63. The Kier molecular flexibility index (Phi) is 2.68. The second kappa shape index (κ2) is 4.00. The van der Waals surface area contributed by atoms with Gasteiger partial charge in [0.15, 0.2) is 12.0 Å². The number of fused-ring (bicyclic) bond motifs is 1. The molecule has 0 aromatic carbocycles. The summed E-state index contributed by atoms with van der Waals surface area (Å²) in [6, 6.07) is 0. The molecule has 16 heavy (non-hydrogen) atoms. The third-order valence-electron chi connectivity index (χ3n) is 2.72. The molecule has 0 saturated carbocycles. The summed E-state index contributed by atoms with van der Waals surface area (Å²) in [5.41, 5.74) is 0.468.